The van der Waals surface area contributed by atoms with Crippen LogP contribution in [0.25, 0.3) is 10.2 Å². The highest BCUT2D eigenvalue weighted by molar-refractivity contribution is 7.17. The van der Waals surface area contributed by atoms with Crippen LogP contribution >= 0.6 is 11.3 Å². The molecule has 4 heterocycles. The van der Waals surface area contributed by atoms with Gasteiger partial charge in [-0.25, -0.2) is 4.79 Å². The Hall–Kier alpha value is -8.01. The number of unbranched alkanes of at least 4 members (excludes halogenated alkanes) is 5. The van der Waals surface area contributed by atoms with Crippen molar-refractivity contribution in [3.63, 3.8) is 0 Å². The number of hydrogen-bond donors (Lipinski definition) is 4. The minimum absolute atomic E-state index is 0.00408. The van der Waals surface area contributed by atoms with Gasteiger partial charge in [-0.05, 0) is 130 Å². The standard InChI is InChI=1S/C59H58F6N6O9S/c1-3-70(40-12-10-11-34(2)27-40)51(73)33-71-45-23-26-81-50(45)32-46(71)47(72)28-35-13-15-36(16-14-35)52(74)66-24-8-6-4-5-7-9-25-67-53(75)37-17-20-42-41(29-37)54(76)80-57(42)43-21-18-38(68-55(77)58(60,61)62)30-48(43)79-49-31-39(19-22-44(49)57)69-56(78)59(63,64)65/h10-12,17-23,26-27,29-32,35-36H,3-9,13-16,24-25,28,33H2,1-2H3,(H,66,74)(H,67,75)(H,68,77)(H,69,78). The zero-order chi connectivity index (χ0) is 57.8. The highest BCUT2D eigenvalue weighted by Gasteiger charge is 2.54. The normalized spacial score (nSPS) is 16.1. The summed E-state index contributed by atoms with van der Waals surface area (Å²) in [5.41, 5.74) is 1.05. The van der Waals surface area contributed by atoms with Crippen LogP contribution in [0.1, 0.15) is 131 Å². The minimum Gasteiger partial charge on any atom is -0.456 e. The van der Waals surface area contributed by atoms with Crippen LogP contribution < -0.4 is 30.9 Å². The first-order chi connectivity index (χ1) is 38.6. The van der Waals surface area contributed by atoms with Gasteiger partial charge in [0, 0.05) is 83.4 Å². The number of nitrogens with zero attached hydrogens (tertiary/aromatic N) is 2. The van der Waals surface area contributed by atoms with E-state index in [4.69, 9.17) is 9.47 Å². The van der Waals surface area contributed by atoms with Crippen molar-refractivity contribution in [1.29, 1.82) is 0 Å². The zero-order valence-electron chi connectivity index (χ0n) is 44.2. The Labute approximate surface area is 465 Å². The molecule has 0 atom stereocenters. The lowest BCUT2D eigenvalue weighted by atomic mass is 9.77. The van der Waals surface area contributed by atoms with Crippen molar-refractivity contribution in [3.05, 3.63) is 135 Å². The lowest BCUT2D eigenvalue weighted by Gasteiger charge is -2.37. The molecule has 1 saturated carbocycles. The van der Waals surface area contributed by atoms with Crippen molar-refractivity contribution in [2.24, 2.45) is 11.8 Å². The predicted molar refractivity (Wildman–Crippen MR) is 291 cm³/mol. The van der Waals surface area contributed by atoms with E-state index >= 15 is 0 Å². The van der Waals surface area contributed by atoms with Crippen LogP contribution in [0.3, 0.4) is 0 Å². The third-order valence-electron chi connectivity index (χ3n) is 15.0. The third kappa shape index (κ3) is 12.6. The highest BCUT2D eigenvalue weighted by Crippen LogP contribution is 2.57. The predicted octanol–water partition coefficient (Wildman–Crippen LogP) is 11.9. The molecule has 0 radical (unpaired) electrons. The number of fused-ring (bicyclic) bond motifs is 7. The van der Waals surface area contributed by atoms with Crippen molar-refractivity contribution in [1.82, 2.24) is 15.2 Å². The van der Waals surface area contributed by atoms with Crippen LogP contribution in [0, 0.1) is 18.8 Å². The first kappa shape index (κ1) is 57.7. The number of rotatable bonds is 20. The summed E-state index contributed by atoms with van der Waals surface area (Å²) in [7, 11) is 0. The number of ketones is 1. The van der Waals surface area contributed by atoms with Crippen LogP contribution in [0.4, 0.5) is 43.4 Å². The third-order valence-corrected chi connectivity index (χ3v) is 15.9. The molecule has 4 N–H and O–H groups in total. The number of alkyl halides is 6. The van der Waals surface area contributed by atoms with Gasteiger partial charge in [-0.1, -0.05) is 43.9 Å². The summed E-state index contributed by atoms with van der Waals surface area (Å²) >= 11 is 1.54. The minimum atomic E-state index is -5.25. The molecule has 0 unspecified atom stereocenters. The molecule has 0 bridgehead atoms. The number of benzene rings is 4. The zero-order valence-corrected chi connectivity index (χ0v) is 45.1. The summed E-state index contributed by atoms with van der Waals surface area (Å²) in [4.78, 5) is 93.0. The molecule has 4 aromatic carbocycles. The molecule has 1 aliphatic carbocycles. The number of esters is 1. The Kier molecular flexibility index (Phi) is 17.1. The average molecular weight is 1140 g/mol. The number of carbonyl (C=O) groups is 7. The van der Waals surface area contributed by atoms with E-state index in [9.17, 15) is 59.9 Å². The second-order valence-corrected chi connectivity index (χ2v) is 21.5. The number of Topliss-reactive ketones (excluding diaryl/α,β-unsaturated/α-hetero) is 1. The van der Waals surface area contributed by atoms with Gasteiger partial charge in [-0.15, -0.1) is 11.3 Å². The van der Waals surface area contributed by atoms with Crippen molar-refractivity contribution < 1.29 is 69.4 Å². The summed E-state index contributed by atoms with van der Waals surface area (Å²) in [5, 5.41) is 11.3. The number of hydrogen-bond acceptors (Lipinski definition) is 10. The number of aryl methyl sites for hydroxylation is 1. The van der Waals surface area contributed by atoms with Crippen LogP contribution in [0.5, 0.6) is 11.5 Å². The molecular formula is C59H58F6N6O9S. The topological polar surface area (TPSA) is 194 Å². The van der Waals surface area contributed by atoms with Crippen LogP contribution in [0.15, 0.2) is 96.4 Å². The van der Waals surface area contributed by atoms with E-state index < -0.39 is 41.6 Å². The summed E-state index contributed by atoms with van der Waals surface area (Å²) in [6.45, 7) is 5.36. The van der Waals surface area contributed by atoms with Gasteiger partial charge in [0.2, 0.25) is 11.8 Å². The van der Waals surface area contributed by atoms with E-state index in [1.54, 1.807) is 26.9 Å². The van der Waals surface area contributed by atoms with Gasteiger partial charge < -0.3 is 40.2 Å². The molecule has 5 amide bonds. The molecule has 1 spiro atoms. The van der Waals surface area contributed by atoms with Gasteiger partial charge in [0.1, 0.15) is 18.0 Å². The van der Waals surface area contributed by atoms with Gasteiger partial charge in [-0.2, -0.15) is 26.3 Å². The first-order valence-corrected chi connectivity index (χ1v) is 27.7. The lowest BCUT2D eigenvalue weighted by molar-refractivity contribution is -0.167. The molecule has 22 heteroatoms. The maximum Gasteiger partial charge on any atom is 0.471 e. The van der Waals surface area contributed by atoms with Crippen molar-refractivity contribution >= 4 is 79.9 Å². The number of aromatic nitrogens is 1. The Morgan fingerprint density at radius 3 is 1.93 bits per heavy atom. The SMILES string of the molecule is CCN(C(=O)Cn1c(C(=O)CC2CCC(C(=O)NCCCCCCCCNC(=O)c3ccc4c(c3)C(=O)OC43c4ccc(NC(=O)C(F)(F)F)cc4Oc4cc(NC(=O)C(F)(F)F)ccc43)CC2)cc2sccc21)c1cccc(C)c1. The molecule has 426 valence electrons. The van der Waals surface area contributed by atoms with Gasteiger partial charge in [0.15, 0.2) is 11.4 Å². The fourth-order valence-corrected chi connectivity index (χ4v) is 11.8. The summed E-state index contributed by atoms with van der Waals surface area (Å²) in [5.74, 6) is -6.46. The van der Waals surface area contributed by atoms with E-state index in [0.29, 0.717) is 51.0 Å². The number of nitrogens with one attached hydrogen (secondary N) is 4. The van der Waals surface area contributed by atoms with Crippen LogP contribution in [0.2, 0.25) is 0 Å². The van der Waals surface area contributed by atoms with Gasteiger partial charge in [-0.3, -0.25) is 28.8 Å². The average Bonchev–Trinajstić information content (AvgIpc) is 4.30. The van der Waals surface area contributed by atoms with E-state index in [0.717, 1.165) is 90.7 Å². The first-order valence-electron chi connectivity index (χ1n) is 26.8. The van der Waals surface area contributed by atoms with Crippen molar-refractivity contribution in [2.75, 3.05) is 35.2 Å². The summed E-state index contributed by atoms with van der Waals surface area (Å²) in [6.07, 6.45) is -2.21. The fourth-order valence-electron chi connectivity index (χ4n) is 10.9. The molecule has 2 aliphatic heterocycles. The molecule has 1 fully saturated rings. The molecule has 2 aromatic heterocycles. The molecular weight excluding hydrogens is 1080 g/mol. The number of ether oxygens (including phenoxy) is 2. The van der Waals surface area contributed by atoms with Gasteiger partial charge in [0.25, 0.3) is 5.91 Å². The largest absolute Gasteiger partial charge is 0.471 e. The van der Waals surface area contributed by atoms with Crippen molar-refractivity contribution in [2.45, 2.75) is 109 Å². The second kappa shape index (κ2) is 24.0. The van der Waals surface area contributed by atoms with Gasteiger partial charge >= 0.3 is 30.1 Å². The Bertz CT molecular complexity index is 3340. The van der Waals surface area contributed by atoms with Crippen LogP contribution in [-0.2, 0) is 36.1 Å². The Morgan fingerprint density at radius 1 is 0.716 bits per heavy atom. The van der Waals surface area contributed by atoms with Gasteiger partial charge in [0.05, 0.1) is 21.5 Å². The summed E-state index contributed by atoms with van der Waals surface area (Å²) in [6, 6.07) is 22.7. The maximum absolute atomic E-state index is 13.8. The number of thiophene rings is 1. The molecule has 6 aromatic rings. The number of halogens is 6. The number of anilines is 3. The van der Waals surface area contributed by atoms with Crippen molar-refractivity contribution in [3.8, 4) is 11.5 Å². The molecule has 9 rings (SSSR count). The number of carbonyl (C=O) groups excluding carboxylic acids is 7. The second-order valence-electron chi connectivity index (χ2n) is 20.5. The molecule has 15 nitrogen and oxygen atoms in total. The Morgan fingerprint density at radius 2 is 1.32 bits per heavy atom. The monoisotopic (exact) mass is 1140 g/mol. The number of likely N-dealkylation sites (N-methyl/N-ethyl adjacent to an activating group) is 1. The highest BCUT2D eigenvalue weighted by atomic mass is 32.1. The fraction of sp³-hybridized carbons (Fsp3) is 0.373. The lowest BCUT2D eigenvalue weighted by Crippen LogP contribution is -2.35. The van der Waals surface area contributed by atoms with E-state index in [1.807, 2.05) is 60.2 Å². The van der Waals surface area contributed by atoms with E-state index in [-0.39, 0.29) is 86.7 Å². The maximum atomic E-state index is 13.8. The summed E-state index contributed by atoms with van der Waals surface area (Å²) < 4.78 is 93.5. The molecule has 3 aliphatic rings. The van der Waals surface area contributed by atoms with Crippen LogP contribution in [-0.4, -0.2) is 77.8 Å². The molecule has 0 saturated heterocycles. The quantitative estimate of drug-likeness (QED) is 0.0249. The smallest absolute Gasteiger partial charge is 0.456 e. The number of amides is 5. The Balaban J connectivity index is 0.708. The molecule has 81 heavy (non-hydrogen) atoms. The van der Waals surface area contributed by atoms with E-state index in [1.165, 1.54) is 30.3 Å². The van der Waals surface area contributed by atoms with E-state index in [2.05, 4.69) is 10.6 Å².